The van der Waals surface area contributed by atoms with Crippen molar-refractivity contribution in [3.8, 4) is 0 Å². The number of rotatable bonds is 4. The fourth-order valence-corrected chi connectivity index (χ4v) is 3.90. The van der Waals surface area contributed by atoms with Crippen LogP contribution in [0.25, 0.3) is 0 Å². The number of aliphatic hydroxyl groups is 1. The van der Waals surface area contributed by atoms with Gasteiger partial charge in [-0.1, -0.05) is 41.6 Å². The number of hydrazone groups is 1. The summed E-state index contributed by atoms with van der Waals surface area (Å²) in [5, 5.41) is 15.6. The standard InChI is InChI=1S/C18H23N3O2S.ClH/c1-12-3-4-15(13(2)9-12)16(22)10-21-7-5-14(6-8-21)18-20-19-17(23)11-24-18;/h3-5,9,16,22H,6-8,10-11H2,1-2H3,(H,19,23);1H. The summed E-state index contributed by atoms with van der Waals surface area (Å²) in [4.78, 5) is 13.4. The third-order valence-electron chi connectivity index (χ3n) is 4.41. The van der Waals surface area contributed by atoms with E-state index >= 15 is 0 Å². The zero-order valence-electron chi connectivity index (χ0n) is 14.5. The molecule has 0 spiro atoms. The quantitative estimate of drug-likeness (QED) is 0.841. The van der Waals surface area contributed by atoms with E-state index in [1.807, 2.05) is 19.1 Å². The summed E-state index contributed by atoms with van der Waals surface area (Å²) in [5.41, 5.74) is 7.09. The molecule has 0 aliphatic carbocycles. The number of amides is 1. The summed E-state index contributed by atoms with van der Waals surface area (Å²) in [6.45, 7) is 6.43. The van der Waals surface area contributed by atoms with Crippen LogP contribution in [0.5, 0.6) is 0 Å². The number of carbonyl (C=O) groups excluding carboxylic acids is 1. The molecule has 1 unspecified atom stereocenters. The van der Waals surface area contributed by atoms with Crippen LogP contribution in [0.3, 0.4) is 0 Å². The van der Waals surface area contributed by atoms with Crippen LogP contribution < -0.4 is 5.43 Å². The predicted octanol–water partition coefficient (Wildman–Crippen LogP) is 2.57. The van der Waals surface area contributed by atoms with Gasteiger partial charge in [-0.2, -0.15) is 5.10 Å². The minimum atomic E-state index is -0.471. The number of hydrogen-bond donors (Lipinski definition) is 2. The van der Waals surface area contributed by atoms with Crippen LogP contribution in [0, 0.1) is 13.8 Å². The van der Waals surface area contributed by atoms with E-state index in [0.717, 1.165) is 35.7 Å². The lowest BCUT2D eigenvalue weighted by Crippen LogP contribution is -2.35. The zero-order chi connectivity index (χ0) is 17.1. The Bertz CT molecular complexity index is 706. The van der Waals surface area contributed by atoms with Crippen LogP contribution in [-0.4, -0.2) is 46.3 Å². The first-order valence-electron chi connectivity index (χ1n) is 8.19. The fourth-order valence-electron chi connectivity index (χ4n) is 3.09. The van der Waals surface area contributed by atoms with Crippen molar-refractivity contribution in [1.29, 1.82) is 0 Å². The number of nitrogens with zero attached hydrogens (tertiary/aromatic N) is 2. The molecule has 0 aromatic heterocycles. The van der Waals surface area contributed by atoms with E-state index < -0.39 is 6.10 Å². The molecule has 1 aromatic carbocycles. The number of hydrogen-bond acceptors (Lipinski definition) is 5. The Morgan fingerprint density at radius 3 is 2.80 bits per heavy atom. The lowest BCUT2D eigenvalue weighted by Gasteiger charge is -2.29. The number of carbonyl (C=O) groups is 1. The first-order valence-corrected chi connectivity index (χ1v) is 9.18. The van der Waals surface area contributed by atoms with E-state index in [1.54, 1.807) is 0 Å². The highest BCUT2D eigenvalue weighted by Gasteiger charge is 2.22. The Labute approximate surface area is 159 Å². The smallest absolute Gasteiger partial charge is 0.250 e. The molecule has 0 radical (unpaired) electrons. The van der Waals surface area contributed by atoms with Gasteiger partial charge in [-0.05, 0) is 37.0 Å². The van der Waals surface area contributed by atoms with Crippen LogP contribution in [0.4, 0.5) is 0 Å². The number of β-amino-alcohol motifs (C(OH)–C–C–N with tert-alkyl or cyclic N) is 1. The van der Waals surface area contributed by atoms with E-state index in [0.29, 0.717) is 12.3 Å². The van der Waals surface area contributed by atoms with Crippen LogP contribution in [0.15, 0.2) is 34.9 Å². The molecular formula is C18H24ClN3O2S. The van der Waals surface area contributed by atoms with Crippen molar-refractivity contribution in [1.82, 2.24) is 10.3 Å². The third-order valence-corrected chi connectivity index (χ3v) is 5.44. The van der Waals surface area contributed by atoms with Gasteiger partial charge in [0.05, 0.1) is 11.9 Å². The average molecular weight is 382 g/mol. The highest BCUT2D eigenvalue weighted by Crippen LogP contribution is 2.24. The van der Waals surface area contributed by atoms with Crippen molar-refractivity contribution in [2.75, 3.05) is 25.4 Å². The van der Waals surface area contributed by atoms with E-state index in [4.69, 9.17) is 0 Å². The summed E-state index contributed by atoms with van der Waals surface area (Å²) >= 11 is 1.49. The van der Waals surface area contributed by atoms with Crippen molar-refractivity contribution in [2.24, 2.45) is 5.10 Å². The van der Waals surface area contributed by atoms with Crippen LogP contribution in [0.1, 0.15) is 29.2 Å². The molecule has 7 heteroatoms. The molecule has 2 heterocycles. The van der Waals surface area contributed by atoms with Crippen LogP contribution >= 0.6 is 24.2 Å². The Kier molecular flexibility index (Phi) is 7.07. The van der Waals surface area contributed by atoms with E-state index in [-0.39, 0.29) is 18.3 Å². The number of halogens is 1. The molecule has 0 saturated heterocycles. The van der Waals surface area contributed by atoms with Gasteiger partial charge in [-0.25, -0.2) is 5.43 Å². The van der Waals surface area contributed by atoms with E-state index in [1.165, 1.54) is 22.9 Å². The molecule has 2 N–H and O–H groups in total. The molecule has 2 aliphatic rings. The molecule has 0 saturated carbocycles. The fraction of sp³-hybridized carbons (Fsp3) is 0.444. The van der Waals surface area contributed by atoms with Gasteiger partial charge in [0, 0.05) is 19.6 Å². The van der Waals surface area contributed by atoms with Crippen molar-refractivity contribution in [2.45, 2.75) is 26.4 Å². The third kappa shape index (κ3) is 5.07. The van der Waals surface area contributed by atoms with Gasteiger partial charge in [0.25, 0.3) is 5.91 Å². The second-order valence-electron chi connectivity index (χ2n) is 6.36. The molecule has 25 heavy (non-hydrogen) atoms. The van der Waals surface area contributed by atoms with Crippen molar-refractivity contribution in [3.05, 3.63) is 46.5 Å². The van der Waals surface area contributed by atoms with E-state index in [2.05, 4.69) is 34.5 Å². The largest absolute Gasteiger partial charge is 0.387 e. The number of thioether (sulfide) groups is 1. The van der Waals surface area contributed by atoms with Gasteiger partial charge in [0.1, 0.15) is 5.04 Å². The van der Waals surface area contributed by atoms with Gasteiger partial charge in [-0.3, -0.25) is 9.69 Å². The summed E-state index contributed by atoms with van der Waals surface area (Å²) in [6, 6.07) is 6.18. The molecule has 0 fully saturated rings. The number of nitrogens with one attached hydrogen (secondary N) is 1. The summed E-state index contributed by atoms with van der Waals surface area (Å²) in [5.74, 6) is 0.393. The van der Waals surface area contributed by atoms with E-state index in [9.17, 15) is 9.90 Å². The number of aryl methyl sites for hydroxylation is 2. The minimum Gasteiger partial charge on any atom is -0.387 e. The normalized spacial score (nSPS) is 19.4. The SMILES string of the molecule is Cc1ccc(C(O)CN2CC=C(C3=NNC(=O)CS3)CC2)c(C)c1.Cl. The molecule has 1 amide bonds. The second-order valence-corrected chi connectivity index (χ2v) is 7.32. The molecular weight excluding hydrogens is 358 g/mol. The molecule has 136 valence electrons. The monoisotopic (exact) mass is 381 g/mol. The Balaban J connectivity index is 0.00000225. The minimum absolute atomic E-state index is 0. The highest BCUT2D eigenvalue weighted by atomic mass is 35.5. The lowest BCUT2D eigenvalue weighted by atomic mass is 10.00. The van der Waals surface area contributed by atoms with Gasteiger partial charge in [0.15, 0.2) is 0 Å². The van der Waals surface area contributed by atoms with Gasteiger partial charge >= 0.3 is 0 Å². The maximum Gasteiger partial charge on any atom is 0.250 e. The maximum absolute atomic E-state index is 11.2. The van der Waals surface area contributed by atoms with Crippen molar-refractivity contribution >= 4 is 35.1 Å². The molecule has 0 bridgehead atoms. The summed E-state index contributed by atoms with van der Waals surface area (Å²) in [7, 11) is 0. The summed E-state index contributed by atoms with van der Waals surface area (Å²) < 4.78 is 0. The first-order chi connectivity index (χ1) is 11.5. The van der Waals surface area contributed by atoms with Crippen molar-refractivity contribution in [3.63, 3.8) is 0 Å². The Morgan fingerprint density at radius 2 is 2.20 bits per heavy atom. The highest BCUT2D eigenvalue weighted by molar-refractivity contribution is 8.15. The van der Waals surface area contributed by atoms with Gasteiger partial charge in [-0.15, -0.1) is 12.4 Å². The Hall–Kier alpha value is -1.34. The topological polar surface area (TPSA) is 64.9 Å². The second kappa shape index (κ2) is 8.85. The molecule has 5 nitrogen and oxygen atoms in total. The number of benzene rings is 1. The molecule has 3 rings (SSSR count). The molecule has 1 atom stereocenters. The van der Waals surface area contributed by atoms with Gasteiger partial charge < -0.3 is 5.11 Å². The average Bonchev–Trinajstić information content (AvgIpc) is 2.56. The van der Waals surface area contributed by atoms with Crippen LogP contribution in [0.2, 0.25) is 0 Å². The van der Waals surface area contributed by atoms with Gasteiger partial charge in [0.2, 0.25) is 0 Å². The predicted molar refractivity (Wildman–Crippen MR) is 105 cm³/mol. The summed E-state index contributed by atoms with van der Waals surface area (Å²) in [6.07, 6.45) is 2.57. The maximum atomic E-state index is 11.2. The lowest BCUT2D eigenvalue weighted by molar-refractivity contribution is -0.118. The van der Waals surface area contributed by atoms with Crippen LogP contribution in [-0.2, 0) is 4.79 Å². The first kappa shape index (κ1) is 20.0. The zero-order valence-corrected chi connectivity index (χ0v) is 16.1. The number of aliphatic hydroxyl groups excluding tert-OH is 1. The molecule has 2 aliphatic heterocycles. The van der Waals surface area contributed by atoms with Crippen molar-refractivity contribution < 1.29 is 9.90 Å². The Morgan fingerprint density at radius 1 is 1.40 bits per heavy atom. The molecule has 1 aromatic rings.